The predicted molar refractivity (Wildman–Crippen MR) is 59.2 cm³/mol. The molecule has 1 aliphatic carbocycles. The molecule has 0 spiro atoms. The van der Waals surface area contributed by atoms with Crippen LogP contribution in [0.3, 0.4) is 0 Å². The Balaban J connectivity index is 1.75. The Morgan fingerprint density at radius 1 is 1.12 bits per heavy atom. The number of Topliss-reactive ketones (excluding diaryl/α,β-unsaturated/α-hetero) is 1. The Morgan fingerprint density at radius 2 is 1.75 bits per heavy atom. The summed E-state index contributed by atoms with van der Waals surface area (Å²) in [5.41, 5.74) is 0. The van der Waals surface area contributed by atoms with Crippen molar-refractivity contribution in [2.75, 3.05) is 13.1 Å². The number of nitrogens with zero attached hydrogens (tertiary/aromatic N) is 1. The number of ether oxygens (including phenoxy) is 1. The normalized spacial score (nSPS) is 23.2. The van der Waals surface area contributed by atoms with Crippen LogP contribution in [0.2, 0.25) is 0 Å². The zero-order chi connectivity index (χ0) is 11.4. The van der Waals surface area contributed by atoms with E-state index in [4.69, 9.17) is 4.74 Å². The molecule has 2 fully saturated rings. The molecule has 0 atom stereocenters. The smallest absolute Gasteiger partial charge is 0.410 e. The molecule has 4 nitrogen and oxygen atoms in total. The van der Waals surface area contributed by atoms with E-state index in [1.807, 2.05) is 0 Å². The van der Waals surface area contributed by atoms with Crippen molar-refractivity contribution in [3.05, 3.63) is 0 Å². The highest BCUT2D eigenvalue weighted by molar-refractivity contribution is 5.79. The SMILES string of the molecule is O=C1CCC(OC(=O)N2CCCCC2)CC1. The van der Waals surface area contributed by atoms with Gasteiger partial charge in [0.05, 0.1) is 0 Å². The third-order valence-corrected chi connectivity index (χ3v) is 3.37. The number of ketones is 1. The van der Waals surface area contributed by atoms with Gasteiger partial charge in [0.2, 0.25) is 0 Å². The Hall–Kier alpha value is -1.06. The molecule has 2 aliphatic rings. The van der Waals surface area contributed by atoms with Crippen LogP contribution in [0.1, 0.15) is 44.9 Å². The minimum absolute atomic E-state index is 0.0351. The van der Waals surface area contributed by atoms with Crippen LogP contribution in [0.15, 0.2) is 0 Å². The summed E-state index contributed by atoms with van der Waals surface area (Å²) < 4.78 is 5.41. The van der Waals surface area contributed by atoms with Crippen molar-refractivity contribution < 1.29 is 14.3 Å². The summed E-state index contributed by atoms with van der Waals surface area (Å²) in [4.78, 5) is 24.6. The topological polar surface area (TPSA) is 46.6 Å². The molecule has 1 amide bonds. The van der Waals surface area contributed by atoms with Gasteiger partial charge in [0.1, 0.15) is 11.9 Å². The minimum atomic E-state index is -0.181. The van der Waals surface area contributed by atoms with Crippen LogP contribution in [-0.2, 0) is 9.53 Å². The molecule has 0 aromatic rings. The number of hydrogen-bond donors (Lipinski definition) is 0. The first-order chi connectivity index (χ1) is 7.75. The highest BCUT2D eigenvalue weighted by atomic mass is 16.6. The van der Waals surface area contributed by atoms with Gasteiger partial charge in [-0.15, -0.1) is 0 Å². The largest absolute Gasteiger partial charge is 0.446 e. The average molecular weight is 225 g/mol. The molecule has 0 aromatic heterocycles. The summed E-state index contributed by atoms with van der Waals surface area (Å²) in [6.07, 6.45) is 5.71. The van der Waals surface area contributed by atoms with E-state index in [0.717, 1.165) is 25.9 Å². The molecule has 0 bridgehead atoms. The summed E-state index contributed by atoms with van der Waals surface area (Å²) in [5.74, 6) is 0.297. The van der Waals surface area contributed by atoms with Crippen LogP contribution >= 0.6 is 0 Å². The van der Waals surface area contributed by atoms with Gasteiger partial charge < -0.3 is 9.64 Å². The highest BCUT2D eigenvalue weighted by Gasteiger charge is 2.25. The highest BCUT2D eigenvalue weighted by Crippen LogP contribution is 2.19. The Labute approximate surface area is 95.9 Å². The fraction of sp³-hybridized carbons (Fsp3) is 0.833. The zero-order valence-electron chi connectivity index (χ0n) is 9.61. The molecule has 0 N–H and O–H groups in total. The van der Waals surface area contributed by atoms with E-state index in [1.165, 1.54) is 6.42 Å². The van der Waals surface area contributed by atoms with E-state index in [2.05, 4.69) is 0 Å². The van der Waals surface area contributed by atoms with E-state index in [9.17, 15) is 9.59 Å². The van der Waals surface area contributed by atoms with Crippen LogP contribution in [0, 0.1) is 0 Å². The second-order valence-corrected chi connectivity index (χ2v) is 4.67. The molecule has 2 rings (SSSR count). The molecule has 16 heavy (non-hydrogen) atoms. The van der Waals surface area contributed by atoms with Gasteiger partial charge in [0, 0.05) is 25.9 Å². The zero-order valence-corrected chi connectivity index (χ0v) is 9.61. The van der Waals surface area contributed by atoms with Crippen LogP contribution in [0.25, 0.3) is 0 Å². The second kappa shape index (κ2) is 5.32. The maximum Gasteiger partial charge on any atom is 0.410 e. The Kier molecular flexibility index (Phi) is 3.80. The third kappa shape index (κ3) is 2.97. The van der Waals surface area contributed by atoms with Crippen molar-refractivity contribution in [2.24, 2.45) is 0 Å². The number of amides is 1. The number of hydrogen-bond acceptors (Lipinski definition) is 3. The first-order valence-corrected chi connectivity index (χ1v) is 6.23. The lowest BCUT2D eigenvalue weighted by atomic mass is 9.97. The fourth-order valence-corrected chi connectivity index (χ4v) is 2.32. The number of carbonyl (C=O) groups excluding carboxylic acids is 2. The first-order valence-electron chi connectivity index (χ1n) is 6.23. The molecule has 0 unspecified atom stereocenters. The number of carbonyl (C=O) groups is 2. The minimum Gasteiger partial charge on any atom is -0.446 e. The predicted octanol–water partition coefficient (Wildman–Crippen LogP) is 2.12. The van der Waals surface area contributed by atoms with Crippen LogP contribution in [0.4, 0.5) is 4.79 Å². The van der Waals surface area contributed by atoms with Gasteiger partial charge in [-0.2, -0.15) is 0 Å². The van der Waals surface area contributed by atoms with Crippen LogP contribution in [0.5, 0.6) is 0 Å². The van der Waals surface area contributed by atoms with Gasteiger partial charge >= 0.3 is 6.09 Å². The van der Waals surface area contributed by atoms with Gasteiger partial charge in [0.15, 0.2) is 0 Å². The molecule has 1 saturated heterocycles. The molecule has 4 heteroatoms. The average Bonchev–Trinajstić information content (AvgIpc) is 2.33. The van der Waals surface area contributed by atoms with Crippen molar-refractivity contribution in [1.82, 2.24) is 4.90 Å². The standard InChI is InChI=1S/C12H19NO3/c14-10-4-6-11(7-5-10)16-12(15)13-8-2-1-3-9-13/h11H,1-9H2. The number of likely N-dealkylation sites (tertiary alicyclic amines) is 1. The fourth-order valence-electron chi connectivity index (χ4n) is 2.32. The summed E-state index contributed by atoms with van der Waals surface area (Å²) >= 11 is 0. The lowest BCUT2D eigenvalue weighted by Gasteiger charge is -2.29. The number of piperidine rings is 1. The van der Waals surface area contributed by atoms with Crippen LogP contribution in [-0.4, -0.2) is 36.0 Å². The maximum absolute atomic E-state index is 11.8. The Bertz CT molecular complexity index is 261. The summed E-state index contributed by atoms with van der Waals surface area (Å²) in [6.45, 7) is 1.65. The van der Waals surface area contributed by atoms with E-state index in [1.54, 1.807) is 4.90 Å². The molecular weight excluding hydrogens is 206 g/mol. The summed E-state index contributed by atoms with van der Waals surface area (Å²) in [7, 11) is 0. The van der Waals surface area contributed by atoms with E-state index < -0.39 is 0 Å². The van der Waals surface area contributed by atoms with Gasteiger partial charge in [-0.25, -0.2) is 4.79 Å². The van der Waals surface area contributed by atoms with E-state index >= 15 is 0 Å². The lowest BCUT2D eigenvalue weighted by Crippen LogP contribution is -2.38. The molecule has 0 aromatic carbocycles. The first kappa shape index (κ1) is 11.4. The van der Waals surface area contributed by atoms with Crippen LogP contribution < -0.4 is 0 Å². The number of rotatable bonds is 1. The van der Waals surface area contributed by atoms with E-state index in [-0.39, 0.29) is 12.2 Å². The molecule has 1 heterocycles. The van der Waals surface area contributed by atoms with Crippen molar-refractivity contribution in [3.63, 3.8) is 0 Å². The van der Waals surface area contributed by atoms with Crippen molar-refractivity contribution in [2.45, 2.75) is 51.0 Å². The van der Waals surface area contributed by atoms with Gasteiger partial charge in [-0.1, -0.05) is 0 Å². The quantitative estimate of drug-likeness (QED) is 0.686. The molecule has 0 radical (unpaired) electrons. The monoisotopic (exact) mass is 225 g/mol. The van der Waals surface area contributed by atoms with Crippen molar-refractivity contribution >= 4 is 11.9 Å². The van der Waals surface area contributed by atoms with Gasteiger partial charge in [0.25, 0.3) is 0 Å². The van der Waals surface area contributed by atoms with Gasteiger partial charge in [-0.3, -0.25) is 4.79 Å². The Morgan fingerprint density at radius 3 is 2.38 bits per heavy atom. The molecular formula is C12H19NO3. The molecule has 1 saturated carbocycles. The summed E-state index contributed by atoms with van der Waals surface area (Å²) in [6, 6.07) is 0. The van der Waals surface area contributed by atoms with Crippen molar-refractivity contribution in [3.8, 4) is 0 Å². The van der Waals surface area contributed by atoms with Gasteiger partial charge in [-0.05, 0) is 32.1 Å². The van der Waals surface area contributed by atoms with E-state index in [0.29, 0.717) is 31.5 Å². The lowest BCUT2D eigenvalue weighted by molar-refractivity contribution is -0.122. The third-order valence-electron chi connectivity index (χ3n) is 3.37. The van der Waals surface area contributed by atoms with Crippen molar-refractivity contribution in [1.29, 1.82) is 0 Å². The maximum atomic E-state index is 11.8. The molecule has 90 valence electrons. The molecule has 1 aliphatic heterocycles. The second-order valence-electron chi connectivity index (χ2n) is 4.67. The summed E-state index contributed by atoms with van der Waals surface area (Å²) in [5, 5.41) is 0.